The fraction of sp³-hybridized carbons (Fsp3) is 0.875. The van der Waals surface area contributed by atoms with E-state index in [1.54, 1.807) is 11.3 Å². The van der Waals surface area contributed by atoms with Crippen LogP contribution < -0.4 is 5.32 Å². The van der Waals surface area contributed by atoms with Crippen LogP contribution in [0, 0.1) is 11.3 Å². The molecule has 1 aromatic rings. The van der Waals surface area contributed by atoms with Crippen LogP contribution in [0.3, 0.4) is 0 Å². The van der Waals surface area contributed by atoms with Crippen LogP contribution in [0.5, 0.6) is 0 Å². The Bertz CT molecular complexity index is 424. The second-order valence-corrected chi connectivity index (χ2v) is 8.26. The Kier molecular flexibility index (Phi) is 5.99. The summed E-state index contributed by atoms with van der Waals surface area (Å²) in [4.78, 5) is 2.55. The van der Waals surface area contributed by atoms with Gasteiger partial charge in [-0.15, -0.1) is 10.2 Å². The fourth-order valence-corrected chi connectivity index (χ4v) is 3.80. The van der Waals surface area contributed by atoms with Crippen molar-refractivity contribution in [3.05, 3.63) is 5.01 Å². The van der Waals surface area contributed by atoms with Gasteiger partial charge in [0.25, 0.3) is 0 Å². The Hall–Kier alpha value is -0.680. The Morgan fingerprint density at radius 2 is 2.05 bits per heavy atom. The van der Waals surface area contributed by atoms with Crippen molar-refractivity contribution in [1.82, 2.24) is 15.1 Å². The van der Waals surface area contributed by atoms with Crippen molar-refractivity contribution in [2.24, 2.45) is 11.3 Å². The predicted octanol–water partition coefficient (Wildman–Crippen LogP) is 4.01. The topological polar surface area (TPSA) is 41.1 Å². The number of anilines is 1. The van der Waals surface area contributed by atoms with Crippen molar-refractivity contribution >= 4 is 16.5 Å². The van der Waals surface area contributed by atoms with Crippen LogP contribution in [0.25, 0.3) is 0 Å². The van der Waals surface area contributed by atoms with E-state index in [0.29, 0.717) is 5.41 Å². The smallest absolute Gasteiger partial charge is 0.205 e. The van der Waals surface area contributed by atoms with Gasteiger partial charge in [0.2, 0.25) is 5.13 Å². The molecule has 1 saturated heterocycles. The first-order chi connectivity index (χ1) is 9.99. The molecule has 0 amide bonds. The molecule has 0 aromatic carbocycles. The molecule has 21 heavy (non-hydrogen) atoms. The largest absolute Gasteiger partial charge is 0.360 e. The average molecular weight is 311 g/mol. The molecule has 0 saturated carbocycles. The molecule has 120 valence electrons. The molecule has 0 aliphatic carbocycles. The molecule has 0 bridgehead atoms. The average Bonchev–Trinajstić information content (AvgIpc) is 2.71. The van der Waals surface area contributed by atoms with Crippen LogP contribution in [-0.2, 0) is 6.54 Å². The van der Waals surface area contributed by atoms with E-state index in [9.17, 15) is 0 Å². The monoisotopic (exact) mass is 310 g/mol. The van der Waals surface area contributed by atoms with E-state index in [1.807, 2.05) is 0 Å². The van der Waals surface area contributed by atoms with Crippen LogP contribution in [0.2, 0.25) is 0 Å². The minimum absolute atomic E-state index is 0.440. The molecule has 0 spiro atoms. The Labute approximate surface area is 133 Å². The lowest BCUT2D eigenvalue weighted by molar-refractivity contribution is 0.206. The molecule has 1 unspecified atom stereocenters. The number of nitrogens with zero attached hydrogens (tertiary/aromatic N) is 3. The summed E-state index contributed by atoms with van der Waals surface area (Å²) in [6.07, 6.45) is 5.10. The first-order valence-electron chi connectivity index (χ1n) is 8.27. The minimum Gasteiger partial charge on any atom is -0.360 e. The highest BCUT2D eigenvalue weighted by molar-refractivity contribution is 7.15. The normalized spacial score (nSPS) is 21.2. The second kappa shape index (κ2) is 7.54. The first kappa shape index (κ1) is 16.7. The molecule has 0 radical (unpaired) electrons. The molecule has 2 heterocycles. The third kappa shape index (κ3) is 5.22. The molecule has 1 aliphatic heterocycles. The number of likely N-dealkylation sites (tertiary alicyclic amines) is 1. The quantitative estimate of drug-likeness (QED) is 0.892. The second-order valence-electron chi connectivity index (χ2n) is 7.20. The fourth-order valence-electron chi connectivity index (χ4n) is 2.99. The van der Waals surface area contributed by atoms with Gasteiger partial charge in [0.1, 0.15) is 5.01 Å². The number of rotatable bonds is 5. The zero-order chi connectivity index (χ0) is 15.3. The van der Waals surface area contributed by atoms with Gasteiger partial charge >= 0.3 is 0 Å². The lowest BCUT2D eigenvalue weighted by Gasteiger charge is -2.29. The molecule has 1 fully saturated rings. The van der Waals surface area contributed by atoms with Gasteiger partial charge in [-0.2, -0.15) is 0 Å². The summed E-state index contributed by atoms with van der Waals surface area (Å²) in [6.45, 7) is 13.6. The number of hydrogen-bond acceptors (Lipinski definition) is 5. The maximum atomic E-state index is 4.33. The van der Waals surface area contributed by atoms with Gasteiger partial charge < -0.3 is 5.32 Å². The number of aromatic nitrogens is 2. The van der Waals surface area contributed by atoms with Crippen LogP contribution in [0.1, 0.15) is 58.4 Å². The zero-order valence-electron chi connectivity index (χ0n) is 14.0. The Balaban J connectivity index is 1.84. The van der Waals surface area contributed by atoms with E-state index in [2.05, 4.69) is 48.1 Å². The van der Waals surface area contributed by atoms with E-state index >= 15 is 0 Å². The third-order valence-electron chi connectivity index (χ3n) is 4.40. The molecule has 1 aliphatic rings. The van der Waals surface area contributed by atoms with Crippen molar-refractivity contribution in [3.63, 3.8) is 0 Å². The molecular weight excluding hydrogens is 280 g/mol. The first-order valence-corrected chi connectivity index (χ1v) is 9.09. The summed E-state index contributed by atoms with van der Waals surface area (Å²) in [5.41, 5.74) is 0.440. The van der Waals surface area contributed by atoms with E-state index in [4.69, 9.17) is 0 Å². The van der Waals surface area contributed by atoms with Gasteiger partial charge in [-0.05, 0) is 50.1 Å². The molecule has 4 nitrogen and oxygen atoms in total. The van der Waals surface area contributed by atoms with Crippen molar-refractivity contribution in [2.75, 3.05) is 25.0 Å². The third-order valence-corrected chi connectivity index (χ3v) is 5.26. The number of nitrogens with one attached hydrogen (secondary N) is 1. The van der Waals surface area contributed by atoms with E-state index in [-0.39, 0.29) is 0 Å². The van der Waals surface area contributed by atoms with Crippen LogP contribution in [0.15, 0.2) is 0 Å². The molecule has 1 N–H and O–H groups in total. The van der Waals surface area contributed by atoms with Crippen LogP contribution in [-0.4, -0.2) is 34.7 Å². The van der Waals surface area contributed by atoms with Crippen molar-refractivity contribution in [2.45, 2.75) is 59.9 Å². The number of hydrogen-bond donors (Lipinski definition) is 1. The van der Waals surface area contributed by atoms with Crippen LogP contribution >= 0.6 is 11.3 Å². The molecular formula is C16H30N4S. The maximum Gasteiger partial charge on any atom is 0.205 e. The van der Waals surface area contributed by atoms with E-state index < -0.39 is 0 Å². The molecule has 1 atom stereocenters. The molecule has 2 rings (SSSR count). The lowest BCUT2D eigenvalue weighted by Crippen LogP contribution is -2.26. The van der Waals surface area contributed by atoms with Gasteiger partial charge in [0, 0.05) is 6.54 Å². The van der Waals surface area contributed by atoms with E-state index in [1.165, 1.54) is 32.4 Å². The van der Waals surface area contributed by atoms with Gasteiger partial charge in [0.15, 0.2) is 0 Å². The SMILES string of the molecule is CCCNc1nnc(CN2CCCC(C(C)(C)C)CC2)s1. The highest BCUT2D eigenvalue weighted by Gasteiger charge is 2.27. The van der Waals surface area contributed by atoms with Crippen LogP contribution in [0.4, 0.5) is 5.13 Å². The van der Waals surface area contributed by atoms with Gasteiger partial charge in [-0.1, -0.05) is 39.0 Å². The highest BCUT2D eigenvalue weighted by Crippen LogP contribution is 2.34. The minimum atomic E-state index is 0.440. The molecule has 5 heteroatoms. The summed E-state index contributed by atoms with van der Waals surface area (Å²) in [5.74, 6) is 0.846. The zero-order valence-corrected chi connectivity index (χ0v) is 14.8. The van der Waals surface area contributed by atoms with Gasteiger partial charge in [0.05, 0.1) is 6.54 Å². The summed E-state index contributed by atoms with van der Waals surface area (Å²) >= 11 is 1.70. The Morgan fingerprint density at radius 1 is 1.24 bits per heavy atom. The maximum absolute atomic E-state index is 4.33. The Morgan fingerprint density at radius 3 is 2.76 bits per heavy atom. The summed E-state index contributed by atoms with van der Waals surface area (Å²) in [5, 5.41) is 14.0. The standard InChI is InChI=1S/C16H30N4S/c1-5-9-17-15-19-18-14(21-15)12-20-10-6-7-13(8-11-20)16(2,3)4/h13H,5-12H2,1-4H3,(H,17,19). The van der Waals surface area contributed by atoms with Crippen molar-refractivity contribution in [1.29, 1.82) is 0 Å². The molecule has 1 aromatic heterocycles. The van der Waals surface area contributed by atoms with Crippen molar-refractivity contribution < 1.29 is 0 Å². The lowest BCUT2D eigenvalue weighted by atomic mass is 9.77. The van der Waals surface area contributed by atoms with E-state index in [0.717, 1.165) is 35.6 Å². The van der Waals surface area contributed by atoms with Gasteiger partial charge in [-0.3, -0.25) is 4.90 Å². The van der Waals surface area contributed by atoms with Gasteiger partial charge in [-0.25, -0.2) is 0 Å². The predicted molar refractivity (Wildman–Crippen MR) is 90.8 cm³/mol. The summed E-state index contributed by atoms with van der Waals surface area (Å²) < 4.78 is 0. The van der Waals surface area contributed by atoms with Crippen molar-refractivity contribution in [3.8, 4) is 0 Å². The highest BCUT2D eigenvalue weighted by atomic mass is 32.1. The summed E-state index contributed by atoms with van der Waals surface area (Å²) in [7, 11) is 0. The summed E-state index contributed by atoms with van der Waals surface area (Å²) in [6, 6.07) is 0.